The van der Waals surface area contributed by atoms with E-state index in [-0.39, 0.29) is 9.93 Å². The number of urea groups is 1. The zero-order chi connectivity index (χ0) is 18.8. The van der Waals surface area contributed by atoms with Gasteiger partial charge in [-0.2, -0.15) is 0 Å². The normalized spacial score (nSPS) is 15.2. The zero-order valence-electron chi connectivity index (χ0n) is 13.0. The molecule has 0 bridgehead atoms. The molecule has 1 heterocycles. The van der Waals surface area contributed by atoms with Crippen LogP contribution in [0.15, 0.2) is 47.4 Å². The van der Waals surface area contributed by atoms with Crippen LogP contribution in [0, 0.1) is 0 Å². The van der Waals surface area contributed by atoms with Gasteiger partial charge in [0.25, 0.3) is 11.1 Å². The first-order valence-corrected chi connectivity index (χ1v) is 8.82. The highest BCUT2D eigenvalue weighted by atomic mass is 35.5. The van der Waals surface area contributed by atoms with Crippen LogP contribution >= 0.6 is 35.0 Å². The average molecular weight is 408 g/mol. The van der Waals surface area contributed by atoms with Crippen LogP contribution in [-0.4, -0.2) is 17.2 Å². The molecule has 2 aromatic rings. The predicted octanol–water partition coefficient (Wildman–Crippen LogP) is 4.53. The molecule has 0 atom stereocenters. The van der Waals surface area contributed by atoms with Gasteiger partial charge in [-0.05, 0) is 53.7 Å². The second-order valence-electron chi connectivity index (χ2n) is 5.22. The predicted molar refractivity (Wildman–Crippen MR) is 104 cm³/mol. The summed E-state index contributed by atoms with van der Waals surface area (Å²) in [6, 6.07) is 10.8. The van der Waals surface area contributed by atoms with E-state index in [1.807, 2.05) is 0 Å². The van der Waals surface area contributed by atoms with Crippen molar-refractivity contribution in [2.45, 2.75) is 0 Å². The minimum atomic E-state index is -0.712. The summed E-state index contributed by atoms with van der Waals surface area (Å²) < 4.78 is 0. The Morgan fingerprint density at radius 2 is 1.81 bits per heavy atom. The smallest absolute Gasteiger partial charge is 0.323 e. The summed E-state index contributed by atoms with van der Waals surface area (Å²) in [7, 11) is 0. The third kappa shape index (κ3) is 3.85. The molecule has 0 saturated carbocycles. The van der Waals surface area contributed by atoms with E-state index in [0.29, 0.717) is 22.0 Å². The Bertz CT molecular complexity index is 962. The number of benzene rings is 2. The Morgan fingerprint density at radius 3 is 2.42 bits per heavy atom. The Morgan fingerprint density at radius 1 is 1.08 bits per heavy atom. The summed E-state index contributed by atoms with van der Waals surface area (Å²) >= 11 is 12.8. The minimum Gasteiger partial charge on any atom is -0.351 e. The van der Waals surface area contributed by atoms with E-state index in [4.69, 9.17) is 28.9 Å². The third-order valence-corrected chi connectivity index (χ3v) is 5.00. The lowest BCUT2D eigenvalue weighted by Gasteiger charge is -2.21. The molecule has 1 aliphatic heterocycles. The van der Waals surface area contributed by atoms with E-state index < -0.39 is 17.2 Å². The molecule has 0 spiro atoms. The number of nitrogens with zero attached hydrogens (tertiary/aromatic N) is 1. The van der Waals surface area contributed by atoms with Gasteiger partial charge in [0.2, 0.25) is 0 Å². The molecule has 0 aliphatic carbocycles. The lowest BCUT2D eigenvalue weighted by molar-refractivity contribution is -0.115. The van der Waals surface area contributed by atoms with Gasteiger partial charge in [0.15, 0.2) is 0 Å². The molecule has 0 aromatic heterocycles. The van der Waals surface area contributed by atoms with Gasteiger partial charge in [0.1, 0.15) is 0 Å². The van der Waals surface area contributed by atoms with Gasteiger partial charge in [0, 0.05) is 0 Å². The molecule has 3 N–H and O–H groups in total. The standard InChI is InChI=1S/C17H11Cl2N3O3S/c18-12-5-4-11(8-13(12)19)22(16(20)24)10-3-1-2-9(6-10)7-14-15(23)21-17(25)26-14/h1-8H,(H2,20,24)(H,21,23,25). The fourth-order valence-corrected chi connectivity index (χ4v) is 3.33. The first kappa shape index (κ1) is 18.3. The highest BCUT2D eigenvalue weighted by Gasteiger charge is 2.25. The first-order valence-electron chi connectivity index (χ1n) is 7.24. The number of halogens is 2. The minimum absolute atomic E-state index is 0.271. The van der Waals surface area contributed by atoms with Gasteiger partial charge in [-0.3, -0.25) is 19.8 Å². The summed E-state index contributed by atoms with van der Waals surface area (Å²) in [6.45, 7) is 0. The van der Waals surface area contributed by atoms with Gasteiger partial charge in [-0.15, -0.1) is 0 Å². The largest absolute Gasteiger partial charge is 0.351 e. The van der Waals surface area contributed by atoms with Crippen LogP contribution < -0.4 is 16.0 Å². The van der Waals surface area contributed by atoms with E-state index in [0.717, 1.165) is 11.8 Å². The zero-order valence-corrected chi connectivity index (χ0v) is 15.4. The third-order valence-electron chi connectivity index (χ3n) is 3.45. The van der Waals surface area contributed by atoms with E-state index in [1.54, 1.807) is 42.5 Å². The van der Waals surface area contributed by atoms with Crippen molar-refractivity contribution in [1.82, 2.24) is 5.32 Å². The summed E-state index contributed by atoms with van der Waals surface area (Å²) in [6.07, 6.45) is 1.56. The van der Waals surface area contributed by atoms with Crippen LogP contribution in [0.25, 0.3) is 6.08 Å². The Hall–Kier alpha value is -2.48. The topological polar surface area (TPSA) is 92.5 Å². The van der Waals surface area contributed by atoms with Crippen molar-refractivity contribution in [3.05, 3.63) is 63.0 Å². The molecule has 1 aliphatic rings. The van der Waals surface area contributed by atoms with Crippen molar-refractivity contribution >= 4 is 69.6 Å². The maximum atomic E-state index is 12.0. The number of nitrogens with one attached hydrogen (secondary N) is 1. The van der Waals surface area contributed by atoms with Crippen molar-refractivity contribution in [1.29, 1.82) is 0 Å². The maximum absolute atomic E-state index is 12.0. The van der Waals surface area contributed by atoms with Crippen molar-refractivity contribution in [3.8, 4) is 0 Å². The highest BCUT2D eigenvalue weighted by Crippen LogP contribution is 2.32. The molecule has 0 radical (unpaired) electrons. The molecule has 132 valence electrons. The second kappa shape index (κ2) is 7.41. The van der Waals surface area contributed by atoms with Crippen LogP contribution in [0.3, 0.4) is 0 Å². The molecule has 0 unspecified atom stereocenters. The fourth-order valence-electron chi connectivity index (χ4n) is 2.35. The lowest BCUT2D eigenvalue weighted by atomic mass is 10.1. The fraction of sp³-hybridized carbons (Fsp3) is 0. The van der Waals surface area contributed by atoms with Crippen LogP contribution in [-0.2, 0) is 4.79 Å². The number of rotatable bonds is 3. The summed E-state index contributed by atoms with van der Waals surface area (Å²) in [5.41, 5.74) is 7.07. The Labute approximate surface area is 162 Å². The molecule has 3 rings (SSSR count). The monoisotopic (exact) mass is 407 g/mol. The van der Waals surface area contributed by atoms with Crippen LogP contribution in [0.1, 0.15) is 5.56 Å². The van der Waals surface area contributed by atoms with Crippen molar-refractivity contribution in [2.24, 2.45) is 5.73 Å². The number of hydrogen-bond acceptors (Lipinski definition) is 4. The number of anilines is 2. The number of nitrogens with two attached hydrogens (primary N) is 1. The van der Waals surface area contributed by atoms with Crippen molar-refractivity contribution in [3.63, 3.8) is 0 Å². The van der Waals surface area contributed by atoms with E-state index in [2.05, 4.69) is 5.32 Å². The van der Waals surface area contributed by atoms with Crippen molar-refractivity contribution in [2.75, 3.05) is 4.90 Å². The number of imide groups is 1. The number of hydrogen-bond donors (Lipinski definition) is 2. The van der Waals surface area contributed by atoms with Crippen LogP contribution in [0.5, 0.6) is 0 Å². The Balaban J connectivity index is 2.00. The van der Waals surface area contributed by atoms with Gasteiger partial charge in [-0.25, -0.2) is 4.79 Å². The number of carbonyl (C=O) groups excluding carboxylic acids is 3. The molecule has 1 saturated heterocycles. The van der Waals surface area contributed by atoms with Gasteiger partial charge in [-0.1, -0.05) is 35.3 Å². The molecule has 6 nitrogen and oxygen atoms in total. The second-order valence-corrected chi connectivity index (χ2v) is 7.05. The van der Waals surface area contributed by atoms with Gasteiger partial charge in [0.05, 0.1) is 26.3 Å². The maximum Gasteiger partial charge on any atom is 0.323 e. The van der Waals surface area contributed by atoms with Crippen LogP contribution in [0.2, 0.25) is 10.0 Å². The van der Waals surface area contributed by atoms with Gasteiger partial charge < -0.3 is 5.73 Å². The molecule has 4 amide bonds. The molecule has 9 heteroatoms. The molecule has 2 aromatic carbocycles. The average Bonchev–Trinajstić information content (AvgIpc) is 2.88. The lowest BCUT2D eigenvalue weighted by Crippen LogP contribution is -2.31. The quantitative estimate of drug-likeness (QED) is 0.730. The number of carbonyl (C=O) groups is 3. The number of thioether (sulfide) groups is 1. The molecular formula is C17H11Cl2N3O3S. The SMILES string of the molecule is NC(=O)N(c1cccc(C=C2SC(=O)NC2=O)c1)c1ccc(Cl)c(Cl)c1. The van der Waals surface area contributed by atoms with E-state index in [9.17, 15) is 14.4 Å². The van der Waals surface area contributed by atoms with E-state index >= 15 is 0 Å². The first-order chi connectivity index (χ1) is 12.3. The van der Waals surface area contributed by atoms with Crippen LogP contribution in [0.4, 0.5) is 21.0 Å². The highest BCUT2D eigenvalue weighted by molar-refractivity contribution is 8.18. The van der Waals surface area contributed by atoms with E-state index in [1.165, 1.54) is 11.0 Å². The van der Waals surface area contributed by atoms with Gasteiger partial charge >= 0.3 is 6.03 Å². The Kier molecular flexibility index (Phi) is 5.22. The summed E-state index contributed by atoms with van der Waals surface area (Å²) in [5.74, 6) is -0.457. The van der Waals surface area contributed by atoms with Crippen molar-refractivity contribution < 1.29 is 14.4 Å². The number of amides is 4. The molecule has 26 heavy (non-hydrogen) atoms. The molecule has 1 fully saturated rings. The summed E-state index contributed by atoms with van der Waals surface area (Å²) in [5, 5.41) is 2.40. The molecular weight excluding hydrogens is 397 g/mol. The number of primary amides is 1. The summed E-state index contributed by atoms with van der Waals surface area (Å²) in [4.78, 5) is 36.5.